The van der Waals surface area contributed by atoms with Crippen molar-refractivity contribution in [2.24, 2.45) is 0 Å². The van der Waals surface area contributed by atoms with Gasteiger partial charge < -0.3 is 5.11 Å². The van der Waals surface area contributed by atoms with Crippen molar-refractivity contribution >= 4 is 15.8 Å². The summed E-state index contributed by atoms with van der Waals surface area (Å²) in [6.45, 7) is 0. The Morgan fingerprint density at radius 2 is 2.10 bits per heavy atom. The van der Waals surface area contributed by atoms with E-state index in [0.29, 0.717) is 0 Å². The Balaban J connectivity index is 3.04. The molecule has 0 aromatic rings. The highest BCUT2D eigenvalue weighted by Crippen LogP contribution is 2.35. The minimum Gasteiger partial charge on any atom is -0.478 e. The summed E-state index contributed by atoms with van der Waals surface area (Å²) in [4.78, 5) is 9.96. The minimum atomic E-state index is -3.99. The third-order valence-electron chi connectivity index (χ3n) is 1.50. The number of rotatable bonds is 1. The molecular weight excluding hydrogens is 163 g/mol. The summed E-state index contributed by atoms with van der Waals surface area (Å²) < 4.78 is 33.5. The number of aliphatic carboxylic acids is 1. The summed E-state index contributed by atoms with van der Waals surface area (Å²) in [6.07, 6.45) is -0.426. The van der Waals surface area contributed by atoms with Gasteiger partial charge in [0.25, 0.3) is 0 Å². The molecule has 0 radical (unpaired) electrons. The van der Waals surface area contributed by atoms with Gasteiger partial charge in [0.2, 0.25) is 0 Å². The Bertz CT molecular complexity index is 269. The fourth-order valence-electron chi connectivity index (χ4n) is 0.688. The number of hydrogen-bond acceptors (Lipinski definition) is 3. The monoisotopic (exact) mass is 168 g/mol. The normalized spacial score (nSPS) is 36.5. The SMILES string of the molecule is O=C(O)C1(F)CCS1(=O)=O. The molecule has 1 aliphatic heterocycles. The van der Waals surface area contributed by atoms with Crippen LogP contribution in [-0.2, 0) is 14.6 Å². The van der Waals surface area contributed by atoms with E-state index in [1.807, 2.05) is 0 Å². The minimum absolute atomic E-state index is 0.365. The van der Waals surface area contributed by atoms with Crippen molar-refractivity contribution in [3.05, 3.63) is 0 Å². The van der Waals surface area contributed by atoms with E-state index in [4.69, 9.17) is 5.11 Å². The number of carboxylic acids is 1. The third kappa shape index (κ3) is 0.650. The topological polar surface area (TPSA) is 71.4 Å². The summed E-state index contributed by atoms with van der Waals surface area (Å²) >= 11 is 0. The van der Waals surface area contributed by atoms with Gasteiger partial charge in [0, 0.05) is 6.42 Å². The lowest BCUT2D eigenvalue weighted by Gasteiger charge is -2.28. The molecule has 1 rings (SSSR count). The zero-order chi connectivity index (χ0) is 7.99. The molecule has 1 N–H and O–H groups in total. The molecule has 58 valence electrons. The number of carboxylic acid groups (broad SMARTS) is 1. The molecule has 1 aliphatic rings. The van der Waals surface area contributed by atoms with Gasteiger partial charge in [-0.2, -0.15) is 0 Å². The molecule has 10 heavy (non-hydrogen) atoms. The van der Waals surface area contributed by atoms with E-state index < -0.39 is 27.2 Å². The molecule has 4 nitrogen and oxygen atoms in total. The fraction of sp³-hybridized carbons (Fsp3) is 0.750. The van der Waals surface area contributed by atoms with Crippen LogP contribution in [0.15, 0.2) is 0 Å². The second kappa shape index (κ2) is 1.69. The molecule has 0 spiro atoms. The van der Waals surface area contributed by atoms with E-state index in [1.165, 1.54) is 0 Å². The fourth-order valence-corrected chi connectivity index (χ4v) is 1.85. The number of carbonyl (C=O) groups is 1. The number of halogens is 1. The van der Waals surface area contributed by atoms with E-state index in [2.05, 4.69) is 0 Å². The van der Waals surface area contributed by atoms with Crippen molar-refractivity contribution in [3.8, 4) is 0 Å². The molecule has 0 amide bonds. The van der Waals surface area contributed by atoms with Crippen molar-refractivity contribution in [3.63, 3.8) is 0 Å². The van der Waals surface area contributed by atoms with Gasteiger partial charge in [-0.3, -0.25) is 0 Å². The predicted octanol–water partition coefficient (Wildman–Crippen LogP) is -0.445. The lowest BCUT2D eigenvalue weighted by atomic mass is 10.3. The Morgan fingerprint density at radius 3 is 2.10 bits per heavy atom. The summed E-state index contributed by atoms with van der Waals surface area (Å²) in [5.41, 5.74) is 0. The van der Waals surface area contributed by atoms with Crippen LogP contribution in [0.4, 0.5) is 4.39 Å². The smallest absolute Gasteiger partial charge is 0.357 e. The highest BCUT2D eigenvalue weighted by Gasteiger charge is 2.59. The van der Waals surface area contributed by atoms with Crippen LogP contribution in [0, 0.1) is 0 Å². The lowest BCUT2D eigenvalue weighted by molar-refractivity contribution is -0.146. The lowest BCUT2D eigenvalue weighted by Crippen LogP contribution is -2.53. The third-order valence-corrected chi connectivity index (χ3v) is 3.61. The van der Waals surface area contributed by atoms with E-state index in [0.717, 1.165) is 0 Å². The molecule has 1 unspecified atom stereocenters. The number of hydrogen-bond donors (Lipinski definition) is 1. The molecule has 1 atom stereocenters. The van der Waals surface area contributed by atoms with E-state index in [-0.39, 0.29) is 5.75 Å². The number of alkyl halides is 1. The van der Waals surface area contributed by atoms with Crippen LogP contribution in [0.5, 0.6) is 0 Å². The van der Waals surface area contributed by atoms with Crippen LogP contribution in [0.3, 0.4) is 0 Å². The average Bonchev–Trinajstić information content (AvgIpc) is 1.83. The van der Waals surface area contributed by atoms with E-state index in [9.17, 15) is 17.6 Å². The van der Waals surface area contributed by atoms with Crippen molar-refractivity contribution in [2.45, 2.75) is 11.4 Å². The summed E-state index contributed by atoms with van der Waals surface area (Å²) in [5, 5.41) is 5.08. The summed E-state index contributed by atoms with van der Waals surface area (Å²) in [5.74, 6) is -2.27. The first kappa shape index (κ1) is 7.46. The van der Waals surface area contributed by atoms with Gasteiger partial charge >= 0.3 is 11.0 Å². The maximum Gasteiger partial charge on any atom is 0.357 e. The molecule has 6 heteroatoms. The Kier molecular flexibility index (Phi) is 1.26. The van der Waals surface area contributed by atoms with Gasteiger partial charge in [0.15, 0.2) is 9.84 Å². The number of sulfone groups is 1. The Morgan fingerprint density at radius 1 is 1.60 bits per heavy atom. The zero-order valence-electron chi connectivity index (χ0n) is 4.87. The molecule has 0 bridgehead atoms. The van der Waals surface area contributed by atoms with Crippen LogP contribution in [0.1, 0.15) is 6.42 Å². The van der Waals surface area contributed by atoms with Crippen molar-refractivity contribution in [2.75, 3.05) is 5.75 Å². The molecule has 1 heterocycles. The molecular formula is C4H5FO4S. The van der Waals surface area contributed by atoms with E-state index >= 15 is 0 Å². The molecule has 1 saturated heterocycles. The first-order chi connectivity index (χ1) is 4.40. The highest BCUT2D eigenvalue weighted by molar-refractivity contribution is 7.94. The van der Waals surface area contributed by atoms with Crippen LogP contribution in [0.25, 0.3) is 0 Å². The summed E-state index contributed by atoms with van der Waals surface area (Å²) in [6, 6.07) is 0. The Labute approximate surface area is 56.6 Å². The molecule has 0 aromatic carbocycles. The molecule has 1 fully saturated rings. The highest BCUT2D eigenvalue weighted by atomic mass is 32.2. The van der Waals surface area contributed by atoms with Crippen molar-refractivity contribution in [1.29, 1.82) is 0 Å². The molecule has 0 saturated carbocycles. The maximum atomic E-state index is 12.6. The second-order valence-corrected chi connectivity index (χ2v) is 4.39. The molecule has 0 aliphatic carbocycles. The summed E-state index contributed by atoms with van der Waals surface area (Å²) in [7, 11) is -3.99. The van der Waals surface area contributed by atoms with Gasteiger partial charge in [-0.25, -0.2) is 17.6 Å². The van der Waals surface area contributed by atoms with Crippen LogP contribution in [-0.4, -0.2) is 30.2 Å². The van der Waals surface area contributed by atoms with Gasteiger partial charge in [-0.1, -0.05) is 0 Å². The first-order valence-electron chi connectivity index (χ1n) is 2.55. The predicted molar refractivity (Wildman–Crippen MR) is 29.9 cm³/mol. The molecule has 0 aromatic heterocycles. The maximum absolute atomic E-state index is 12.6. The van der Waals surface area contributed by atoms with Crippen LogP contribution < -0.4 is 0 Å². The standard InChI is InChI=1S/C4H5FO4S/c5-4(3(6)7)1-2-10(4,8)9/h1-2H2,(H,6,7). The van der Waals surface area contributed by atoms with Crippen LogP contribution in [0.2, 0.25) is 0 Å². The Hall–Kier alpha value is -0.650. The van der Waals surface area contributed by atoms with Gasteiger partial charge in [-0.15, -0.1) is 0 Å². The van der Waals surface area contributed by atoms with Crippen molar-refractivity contribution < 1.29 is 22.7 Å². The zero-order valence-corrected chi connectivity index (χ0v) is 5.69. The second-order valence-electron chi connectivity index (χ2n) is 2.10. The largest absolute Gasteiger partial charge is 0.478 e. The van der Waals surface area contributed by atoms with Gasteiger partial charge in [0.05, 0.1) is 5.75 Å². The first-order valence-corrected chi connectivity index (χ1v) is 4.20. The quantitative estimate of drug-likeness (QED) is 0.575. The van der Waals surface area contributed by atoms with Crippen molar-refractivity contribution in [1.82, 2.24) is 0 Å². The van der Waals surface area contributed by atoms with Gasteiger partial charge in [-0.05, 0) is 0 Å². The van der Waals surface area contributed by atoms with Crippen LogP contribution >= 0.6 is 0 Å². The van der Waals surface area contributed by atoms with E-state index in [1.54, 1.807) is 0 Å². The average molecular weight is 168 g/mol. The van der Waals surface area contributed by atoms with Gasteiger partial charge in [0.1, 0.15) is 0 Å².